The number of benzene rings is 1. The van der Waals surface area contributed by atoms with Gasteiger partial charge < -0.3 is 24.3 Å². The number of aromatic nitrogens is 3. The number of aryl methyl sites for hydroxylation is 1. The summed E-state index contributed by atoms with van der Waals surface area (Å²) >= 11 is 0. The summed E-state index contributed by atoms with van der Waals surface area (Å²) in [4.78, 5) is 16.0. The summed E-state index contributed by atoms with van der Waals surface area (Å²) < 4.78 is 23.4. The van der Waals surface area contributed by atoms with Gasteiger partial charge in [-0.2, -0.15) is 0 Å². The van der Waals surface area contributed by atoms with Crippen molar-refractivity contribution < 1.29 is 18.9 Å². The molecule has 9 nitrogen and oxygen atoms in total. The smallest absolute Gasteiger partial charge is 0.227 e. The zero-order valence-electron chi connectivity index (χ0n) is 21.2. The average molecular weight is 504 g/mol. The van der Waals surface area contributed by atoms with E-state index in [2.05, 4.69) is 26.3 Å². The monoisotopic (exact) mass is 503 g/mol. The topological polar surface area (TPSA) is 90.9 Å². The van der Waals surface area contributed by atoms with Gasteiger partial charge in [-0.1, -0.05) is 12.2 Å². The maximum absolute atomic E-state index is 6.18. The van der Waals surface area contributed by atoms with Crippen LogP contribution >= 0.6 is 0 Å². The largest absolute Gasteiger partial charge is 0.492 e. The molecule has 5 rings (SSSR count). The van der Waals surface area contributed by atoms with Crippen LogP contribution in [0, 0.1) is 6.92 Å². The molecule has 9 heteroatoms. The zero-order valence-corrected chi connectivity index (χ0v) is 21.2. The van der Waals surface area contributed by atoms with Gasteiger partial charge in [-0.25, -0.2) is 15.0 Å². The molecular weight excluding hydrogens is 470 g/mol. The van der Waals surface area contributed by atoms with E-state index in [1.807, 2.05) is 49.5 Å². The average Bonchev–Trinajstić information content (AvgIpc) is 2.92. The number of anilines is 2. The molecule has 0 amide bonds. The van der Waals surface area contributed by atoms with Gasteiger partial charge >= 0.3 is 0 Å². The highest BCUT2D eigenvalue weighted by atomic mass is 16.5. The molecular formula is C28H33N5O4. The van der Waals surface area contributed by atoms with Crippen LogP contribution in [0.2, 0.25) is 0 Å². The Bertz CT molecular complexity index is 1210. The standard InChI is InChI=1S/C28H33N5O4/c1-21-19-30-28-31-24-5-6-25(36-16-11-33-9-14-34-15-10-33)23(17-24)20-35-12-3-2-4-13-37-26-18-22(7-8-29-26)27(21)32-28/h2-3,5-8,17-19H,4,9-16,20H2,1H3,(H,30,31,32)/b3-2+. The fourth-order valence-electron chi connectivity index (χ4n) is 4.23. The van der Waals surface area contributed by atoms with Gasteiger partial charge in [-0.3, -0.25) is 4.90 Å². The highest BCUT2D eigenvalue weighted by Gasteiger charge is 2.13. The fourth-order valence-corrected chi connectivity index (χ4v) is 4.23. The summed E-state index contributed by atoms with van der Waals surface area (Å²) in [7, 11) is 0. The van der Waals surface area contributed by atoms with Gasteiger partial charge in [0, 0.05) is 54.9 Å². The Morgan fingerprint density at radius 3 is 2.86 bits per heavy atom. The second kappa shape index (κ2) is 12.6. The Morgan fingerprint density at radius 2 is 1.95 bits per heavy atom. The molecule has 0 saturated carbocycles. The van der Waals surface area contributed by atoms with Gasteiger partial charge in [-0.15, -0.1) is 0 Å². The van der Waals surface area contributed by atoms with Gasteiger partial charge in [0.15, 0.2) is 0 Å². The molecule has 6 bridgehead atoms. The van der Waals surface area contributed by atoms with E-state index in [1.54, 1.807) is 6.20 Å². The first-order valence-electron chi connectivity index (χ1n) is 12.7. The maximum Gasteiger partial charge on any atom is 0.227 e. The summed E-state index contributed by atoms with van der Waals surface area (Å²) in [6, 6.07) is 9.85. The third-order valence-electron chi connectivity index (χ3n) is 6.24. The lowest BCUT2D eigenvalue weighted by Gasteiger charge is -2.26. The third kappa shape index (κ3) is 7.03. The number of nitrogens with zero attached hydrogens (tertiary/aromatic N) is 4. The van der Waals surface area contributed by atoms with Crippen LogP contribution in [-0.2, 0) is 16.1 Å². The van der Waals surface area contributed by atoms with Gasteiger partial charge in [-0.05, 0) is 43.2 Å². The van der Waals surface area contributed by atoms with E-state index < -0.39 is 0 Å². The number of morpholine rings is 1. The van der Waals surface area contributed by atoms with Gasteiger partial charge in [0.25, 0.3) is 0 Å². The summed E-state index contributed by atoms with van der Waals surface area (Å²) in [6.07, 6.45) is 8.40. The van der Waals surface area contributed by atoms with Crippen molar-refractivity contribution in [2.75, 3.05) is 58.0 Å². The predicted octanol–water partition coefficient (Wildman–Crippen LogP) is 4.16. The van der Waals surface area contributed by atoms with Crippen LogP contribution in [-0.4, -0.2) is 72.5 Å². The van der Waals surface area contributed by atoms with Crippen LogP contribution < -0.4 is 14.8 Å². The molecule has 1 saturated heterocycles. The number of ether oxygens (including phenoxy) is 4. The minimum absolute atomic E-state index is 0.428. The van der Waals surface area contributed by atoms with E-state index in [1.165, 1.54) is 0 Å². The van der Waals surface area contributed by atoms with Gasteiger partial charge in [0.1, 0.15) is 12.4 Å². The molecule has 1 aromatic carbocycles. The SMILES string of the molecule is Cc1cnc2nc1-c1ccnc(c1)OCC/C=C/COCc1cc(ccc1OCCN1CCOCC1)N2. The Balaban J connectivity index is 1.37. The number of hydrogen-bond donors (Lipinski definition) is 1. The van der Waals surface area contributed by atoms with Crippen LogP contribution in [0.25, 0.3) is 11.3 Å². The molecule has 1 fully saturated rings. The molecule has 2 aliphatic rings. The van der Waals surface area contributed by atoms with Crippen LogP contribution in [0.1, 0.15) is 17.5 Å². The first-order chi connectivity index (χ1) is 18.2. The summed E-state index contributed by atoms with van der Waals surface area (Å²) in [5, 5.41) is 3.34. The van der Waals surface area contributed by atoms with E-state index in [-0.39, 0.29) is 0 Å². The number of pyridine rings is 1. The van der Waals surface area contributed by atoms with Gasteiger partial charge in [0.2, 0.25) is 11.8 Å². The van der Waals surface area contributed by atoms with E-state index in [9.17, 15) is 0 Å². The van der Waals surface area contributed by atoms with E-state index in [0.717, 1.165) is 73.1 Å². The molecule has 3 aromatic rings. The predicted molar refractivity (Wildman–Crippen MR) is 141 cm³/mol. The van der Waals surface area contributed by atoms with Gasteiger partial charge in [0.05, 0.1) is 38.7 Å². The minimum atomic E-state index is 0.428. The van der Waals surface area contributed by atoms with Crippen molar-refractivity contribution in [1.82, 2.24) is 19.9 Å². The highest BCUT2D eigenvalue weighted by molar-refractivity contribution is 5.66. The Kier molecular flexibility index (Phi) is 8.58. The van der Waals surface area contributed by atoms with Crippen molar-refractivity contribution in [2.45, 2.75) is 20.0 Å². The second-order valence-corrected chi connectivity index (χ2v) is 8.98. The minimum Gasteiger partial charge on any atom is -0.492 e. The number of fused-ring (bicyclic) bond motifs is 7. The first-order valence-corrected chi connectivity index (χ1v) is 12.7. The molecule has 0 aliphatic carbocycles. The molecule has 2 aliphatic heterocycles. The van der Waals surface area contributed by atoms with Crippen molar-refractivity contribution in [3.63, 3.8) is 0 Å². The van der Waals surface area contributed by atoms with E-state index in [0.29, 0.717) is 38.3 Å². The fraction of sp³-hybridized carbons (Fsp3) is 0.393. The number of hydrogen-bond acceptors (Lipinski definition) is 9. The second-order valence-electron chi connectivity index (χ2n) is 8.98. The quantitative estimate of drug-likeness (QED) is 0.527. The van der Waals surface area contributed by atoms with Crippen LogP contribution in [0.3, 0.4) is 0 Å². The lowest BCUT2D eigenvalue weighted by Crippen LogP contribution is -2.38. The van der Waals surface area contributed by atoms with Crippen LogP contribution in [0.4, 0.5) is 11.6 Å². The van der Waals surface area contributed by atoms with Crippen molar-refractivity contribution in [1.29, 1.82) is 0 Å². The van der Waals surface area contributed by atoms with E-state index >= 15 is 0 Å². The molecule has 0 radical (unpaired) electrons. The maximum atomic E-state index is 6.18. The molecule has 0 unspecified atom stereocenters. The molecule has 2 aromatic heterocycles. The van der Waals surface area contributed by atoms with Crippen LogP contribution in [0.5, 0.6) is 11.6 Å². The summed E-state index contributed by atoms with van der Waals surface area (Å²) in [5.41, 5.74) is 4.57. The normalized spacial score (nSPS) is 17.5. The number of nitrogens with one attached hydrogen (secondary N) is 1. The van der Waals surface area contributed by atoms with Crippen molar-refractivity contribution in [3.8, 4) is 22.9 Å². The summed E-state index contributed by atoms with van der Waals surface area (Å²) in [6.45, 7) is 8.39. The lowest BCUT2D eigenvalue weighted by atomic mass is 10.1. The Labute approximate surface area is 217 Å². The van der Waals surface area contributed by atoms with Crippen LogP contribution in [0.15, 0.2) is 54.9 Å². The van der Waals surface area contributed by atoms with Crippen molar-refractivity contribution >= 4 is 11.6 Å². The van der Waals surface area contributed by atoms with E-state index in [4.69, 9.17) is 23.9 Å². The molecule has 37 heavy (non-hydrogen) atoms. The molecule has 0 spiro atoms. The molecule has 0 atom stereocenters. The Morgan fingerprint density at radius 1 is 1.03 bits per heavy atom. The third-order valence-corrected chi connectivity index (χ3v) is 6.24. The zero-order chi connectivity index (χ0) is 25.3. The van der Waals surface area contributed by atoms with Crippen molar-refractivity contribution in [2.24, 2.45) is 0 Å². The molecule has 1 N–H and O–H groups in total. The highest BCUT2D eigenvalue weighted by Crippen LogP contribution is 2.28. The number of rotatable bonds is 4. The summed E-state index contributed by atoms with van der Waals surface area (Å²) in [5.74, 6) is 1.90. The molecule has 194 valence electrons. The Hall–Kier alpha value is -3.53. The van der Waals surface area contributed by atoms with Crippen molar-refractivity contribution in [3.05, 3.63) is 66.0 Å². The lowest BCUT2D eigenvalue weighted by molar-refractivity contribution is 0.0320. The molecule has 4 heterocycles. The first kappa shape index (κ1) is 25.1.